The lowest BCUT2D eigenvalue weighted by molar-refractivity contribution is 0.0934. The number of rotatable bonds is 0. The first-order chi connectivity index (χ1) is 8.62. The van der Waals surface area contributed by atoms with E-state index in [-0.39, 0.29) is 11.2 Å². The van der Waals surface area contributed by atoms with Crippen LogP contribution in [-0.2, 0) is 5.41 Å². The van der Waals surface area contributed by atoms with Gasteiger partial charge < -0.3 is 0 Å². The summed E-state index contributed by atoms with van der Waals surface area (Å²) < 4.78 is 27.4. The summed E-state index contributed by atoms with van der Waals surface area (Å²) in [4.78, 5) is 11.9. The first-order valence-corrected chi connectivity index (χ1v) is 6.65. The molecule has 2 aliphatic carbocycles. The summed E-state index contributed by atoms with van der Waals surface area (Å²) in [5.74, 6) is -1.29. The van der Waals surface area contributed by atoms with Crippen LogP contribution in [0.25, 0.3) is 0 Å². The van der Waals surface area contributed by atoms with Crippen molar-refractivity contribution in [2.75, 3.05) is 0 Å². The predicted octanol–water partition coefficient (Wildman–Crippen LogP) is 4.14. The fourth-order valence-electron chi connectivity index (χ4n) is 3.67. The third kappa shape index (κ3) is 1.68. The molecule has 1 aromatic rings. The van der Waals surface area contributed by atoms with Crippen molar-refractivity contribution in [1.82, 2.24) is 0 Å². The molecule has 1 saturated carbocycles. The fraction of sp³-hybridized carbons (Fsp3) is 0.533. The SMILES string of the molecule is O=C1CCC2(CCCCC2)c2c(F)cc(F)cc21. The number of benzene rings is 1. The third-order valence-electron chi connectivity index (χ3n) is 4.53. The molecule has 1 fully saturated rings. The summed E-state index contributed by atoms with van der Waals surface area (Å²) in [5.41, 5.74) is 0.583. The zero-order valence-electron chi connectivity index (χ0n) is 10.3. The maximum atomic E-state index is 14.1. The predicted molar refractivity (Wildman–Crippen MR) is 64.7 cm³/mol. The standard InChI is InChI=1S/C15H16F2O/c16-10-8-11-13(18)4-7-15(5-2-1-3-6-15)14(11)12(17)9-10/h8-9H,1-7H2. The molecule has 0 aliphatic heterocycles. The number of carbonyl (C=O) groups excluding carboxylic acids is 1. The molecule has 0 aromatic heterocycles. The quantitative estimate of drug-likeness (QED) is 0.676. The van der Waals surface area contributed by atoms with E-state index in [0.29, 0.717) is 17.5 Å². The lowest BCUT2D eigenvalue weighted by Gasteiger charge is -2.41. The average molecular weight is 250 g/mol. The van der Waals surface area contributed by atoms with Crippen molar-refractivity contribution in [2.45, 2.75) is 50.4 Å². The Kier molecular flexibility index (Phi) is 2.72. The van der Waals surface area contributed by atoms with Gasteiger partial charge in [-0.1, -0.05) is 19.3 Å². The number of ketones is 1. The highest BCUT2D eigenvalue weighted by Crippen LogP contribution is 2.48. The van der Waals surface area contributed by atoms with Crippen LogP contribution >= 0.6 is 0 Å². The zero-order chi connectivity index (χ0) is 12.8. The van der Waals surface area contributed by atoms with Gasteiger partial charge in [0.1, 0.15) is 11.6 Å². The van der Waals surface area contributed by atoms with Crippen LogP contribution < -0.4 is 0 Å². The molecule has 2 aliphatic rings. The van der Waals surface area contributed by atoms with Gasteiger partial charge in [-0.25, -0.2) is 8.78 Å². The molecule has 0 bridgehead atoms. The topological polar surface area (TPSA) is 17.1 Å². The molecule has 0 amide bonds. The minimum Gasteiger partial charge on any atom is -0.294 e. The highest BCUT2D eigenvalue weighted by molar-refractivity contribution is 5.99. The van der Waals surface area contributed by atoms with Crippen molar-refractivity contribution < 1.29 is 13.6 Å². The molecular weight excluding hydrogens is 234 g/mol. The van der Waals surface area contributed by atoms with Crippen molar-refractivity contribution >= 4 is 5.78 Å². The van der Waals surface area contributed by atoms with Gasteiger partial charge in [-0.3, -0.25) is 4.79 Å². The van der Waals surface area contributed by atoms with E-state index < -0.39 is 11.6 Å². The first-order valence-electron chi connectivity index (χ1n) is 6.65. The smallest absolute Gasteiger partial charge is 0.163 e. The van der Waals surface area contributed by atoms with Crippen molar-refractivity contribution in [3.63, 3.8) is 0 Å². The van der Waals surface area contributed by atoms with E-state index in [1.807, 2.05) is 0 Å². The van der Waals surface area contributed by atoms with Gasteiger partial charge in [-0.15, -0.1) is 0 Å². The van der Waals surface area contributed by atoms with E-state index in [4.69, 9.17) is 0 Å². The van der Waals surface area contributed by atoms with Crippen LogP contribution in [0.3, 0.4) is 0 Å². The molecular formula is C15H16F2O. The fourth-order valence-corrected chi connectivity index (χ4v) is 3.67. The lowest BCUT2D eigenvalue weighted by Crippen LogP contribution is -2.36. The minimum atomic E-state index is -0.646. The summed E-state index contributed by atoms with van der Waals surface area (Å²) in [7, 11) is 0. The van der Waals surface area contributed by atoms with Crippen LogP contribution in [0.5, 0.6) is 0 Å². The Balaban J connectivity index is 2.19. The van der Waals surface area contributed by atoms with Crippen LogP contribution in [0.4, 0.5) is 8.78 Å². The number of hydrogen-bond acceptors (Lipinski definition) is 1. The van der Waals surface area contributed by atoms with E-state index in [1.165, 1.54) is 12.5 Å². The molecule has 0 atom stereocenters. The van der Waals surface area contributed by atoms with Crippen molar-refractivity contribution in [2.24, 2.45) is 0 Å². The second kappa shape index (κ2) is 4.15. The first kappa shape index (κ1) is 11.8. The number of halogens is 2. The zero-order valence-corrected chi connectivity index (χ0v) is 10.3. The maximum Gasteiger partial charge on any atom is 0.163 e. The highest BCUT2D eigenvalue weighted by Gasteiger charge is 2.42. The molecule has 1 nitrogen and oxygen atoms in total. The summed E-state index contributed by atoms with van der Waals surface area (Å²) in [6.45, 7) is 0. The molecule has 0 unspecified atom stereocenters. The van der Waals surface area contributed by atoms with Gasteiger partial charge >= 0.3 is 0 Å². The molecule has 3 heteroatoms. The third-order valence-corrected chi connectivity index (χ3v) is 4.53. The highest BCUT2D eigenvalue weighted by atomic mass is 19.1. The molecule has 96 valence electrons. The molecule has 0 radical (unpaired) electrons. The largest absolute Gasteiger partial charge is 0.294 e. The Morgan fingerprint density at radius 1 is 1.00 bits per heavy atom. The van der Waals surface area contributed by atoms with Gasteiger partial charge in [0.25, 0.3) is 0 Å². The molecule has 3 rings (SSSR count). The molecule has 18 heavy (non-hydrogen) atoms. The number of hydrogen-bond donors (Lipinski definition) is 0. The minimum absolute atomic E-state index is 0.111. The Labute approximate surface area is 105 Å². The summed E-state index contributed by atoms with van der Waals surface area (Å²) >= 11 is 0. The van der Waals surface area contributed by atoms with Gasteiger partial charge in [-0.05, 0) is 30.7 Å². The van der Waals surface area contributed by atoms with E-state index in [2.05, 4.69) is 0 Å². The van der Waals surface area contributed by atoms with Crippen LogP contribution in [0.15, 0.2) is 12.1 Å². The Morgan fingerprint density at radius 2 is 1.72 bits per heavy atom. The number of carbonyl (C=O) groups is 1. The van der Waals surface area contributed by atoms with Crippen molar-refractivity contribution in [3.8, 4) is 0 Å². The van der Waals surface area contributed by atoms with E-state index in [9.17, 15) is 13.6 Å². The van der Waals surface area contributed by atoms with Gasteiger partial charge in [0, 0.05) is 23.6 Å². The molecule has 1 spiro atoms. The monoisotopic (exact) mass is 250 g/mol. The van der Waals surface area contributed by atoms with E-state index in [0.717, 1.165) is 38.2 Å². The molecule has 0 N–H and O–H groups in total. The van der Waals surface area contributed by atoms with Crippen LogP contribution in [-0.4, -0.2) is 5.78 Å². The van der Waals surface area contributed by atoms with Gasteiger partial charge in [-0.2, -0.15) is 0 Å². The van der Waals surface area contributed by atoms with Gasteiger partial charge in [0.15, 0.2) is 5.78 Å². The summed E-state index contributed by atoms with van der Waals surface area (Å²) in [5, 5.41) is 0. The maximum absolute atomic E-state index is 14.1. The van der Waals surface area contributed by atoms with Crippen LogP contribution in [0.1, 0.15) is 60.9 Å². The lowest BCUT2D eigenvalue weighted by atomic mass is 9.62. The molecule has 0 heterocycles. The molecule has 1 aromatic carbocycles. The summed E-state index contributed by atoms with van der Waals surface area (Å²) in [6.07, 6.45) is 6.33. The van der Waals surface area contributed by atoms with Crippen molar-refractivity contribution in [3.05, 3.63) is 34.9 Å². The van der Waals surface area contributed by atoms with Crippen molar-refractivity contribution in [1.29, 1.82) is 0 Å². The Morgan fingerprint density at radius 3 is 2.44 bits per heavy atom. The summed E-state index contributed by atoms with van der Waals surface area (Å²) in [6, 6.07) is 2.14. The average Bonchev–Trinajstić information content (AvgIpc) is 2.35. The van der Waals surface area contributed by atoms with Crippen LogP contribution in [0.2, 0.25) is 0 Å². The normalized spacial score (nSPS) is 22.0. The van der Waals surface area contributed by atoms with Gasteiger partial charge in [0.2, 0.25) is 0 Å². The Bertz CT molecular complexity index is 501. The molecule has 0 saturated heterocycles. The van der Waals surface area contributed by atoms with Gasteiger partial charge in [0.05, 0.1) is 0 Å². The van der Waals surface area contributed by atoms with E-state index in [1.54, 1.807) is 0 Å². The Hall–Kier alpha value is -1.25. The second-order valence-corrected chi connectivity index (χ2v) is 5.57. The number of Topliss-reactive ketones (excluding diaryl/α,β-unsaturated/α-hetero) is 1. The van der Waals surface area contributed by atoms with Crippen LogP contribution in [0, 0.1) is 11.6 Å². The number of fused-ring (bicyclic) bond motifs is 2. The van der Waals surface area contributed by atoms with E-state index >= 15 is 0 Å². The second-order valence-electron chi connectivity index (χ2n) is 5.57.